The number of nitrogens with zero attached hydrogens (tertiary/aromatic N) is 1. The summed E-state index contributed by atoms with van der Waals surface area (Å²) in [5.74, 6) is 0.913. The van der Waals surface area contributed by atoms with Gasteiger partial charge in [-0.1, -0.05) is 12.1 Å². The Morgan fingerprint density at radius 3 is 2.71 bits per heavy atom. The smallest absolute Gasteiger partial charge is 0.328 e. The zero-order valence-corrected chi connectivity index (χ0v) is 15.1. The monoisotopic (exact) mass is 381 g/mol. The fraction of sp³-hybridized carbons (Fsp3) is 0.250. The summed E-state index contributed by atoms with van der Waals surface area (Å²) in [7, 11) is 0. The topological polar surface area (TPSA) is 102 Å². The first-order chi connectivity index (χ1) is 13.6. The van der Waals surface area contributed by atoms with Crippen molar-refractivity contribution >= 4 is 22.5 Å². The van der Waals surface area contributed by atoms with Crippen molar-refractivity contribution in [2.24, 2.45) is 0 Å². The number of hydrogen-bond donors (Lipinski definition) is 2. The Morgan fingerprint density at radius 2 is 1.86 bits per heavy atom. The second kappa shape index (κ2) is 7.59. The highest BCUT2D eigenvalue weighted by Crippen LogP contribution is 2.32. The lowest BCUT2D eigenvalue weighted by atomic mass is 10.2. The fourth-order valence-corrected chi connectivity index (χ4v) is 3.08. The quantitative estimate of drug-likeness (QED) is 0.718. The van der Waals surface area contributed by atoms with Crippen LogP contribution in [0.15, 0.2) is 52.1 Å². The molecule has 0 fully saturated rings. The predicted octanol–water partition coefficient (Wildman–Crippen LogP) is 1.88. The Kier molecular flexibility index (Phi) is 4.84. The van der Waals surface area contributed by atoms with E-state index in [1.807, 2.05) is 0 Å². The molecule has 8 heteroatoms. The van der Waals surface area contributed by atoms with Crippen molar-refractivity contribution in [3.8, 4) is 11.5 Å². The number of benzene rings is 2. The highest BCUT2D eigenvalue weighted by molar-refractivity contribution is 5.91. The molecule has 1 aromatic heterocycles. The van der Waals surface area contributed by atoms with E-state index in [4.69, 9.17) is 9.47 Å². The maximum Gasteiger partial charge on any atom is 0.328 e. The Balaban J connectivity index is 1.47. The van der Waals surface area contributed by atoms with Crippen LogP contribution in [0.3, 0.4) is 0 Å². The molecule has 0 bridgehead atoms. The van der Waals surface area contributed by atoms with Gasteiger partial charge in [0.05, 0.1) is 24.1 Å². The van der Waals surface area contributed by atoms with Crippen LogP contribution in [0.4, 0.5) is 5.69 Å². The summed E-state index contributed by atoms with van der Waals surface area (Å²) < 4.78 is 12.2. The van der Waals surface area contributed by atoms with Crippen LogP contribution in [0.2, 0.25) is 0 Å². The minimum atomic E-state index is -0.535. The van der Waals surface area contributed by atoms with Crippen molar-refractivity contribution in [2.45, 2.75) is 19.4 Å². The highest BCUT2D eigenvalue weighted by Gasteiger charge is 2.13. The summed E-state index contributed by atoms with van der Waals surface area (Å²) in [5.41, 5.74) is 0.0919. The van der Waals surface area contributed by atoms with Crippen molar-refractivity contribution < 1.29 is 14.3 Å². The largest absolute Gasteiger partial charge is 0.490 e. The molecule has 2 aromatic carbocycles. The lowest BCUT2D eigenvalue weighted by molar-refractivity contribution is -0.116. The first kappa shape index (κ1) is 17.8. The van der Waals surface area contributed by atoms with Crippen LogP contribution in [-0.4, -0.2) is 28.7 Å². The van der Waals surface area contributed by atoms with Gasteiger partial charge < -0.3 is 19.8 Å². The van der Waals surface area contributed by atoms with Crippen LogP contribution in [0.25, 0.3) is 10.9 Å². The third-order valence-corrected chi connectivity index (χ3v) is 4.48. The number of H-pyrrole nitrogens is 1. The van der Waals surface area contributed by atoms with E-state index in [0.29, 0.717) is 41.3 Å². The van der Waals surface area contributed by atoms with E-state index in [-0.39, 0.29) is 18.9 Å². The standard InChI is InChI=1S/C20H19N3O5/c24-18(21-13-6-7-16-17(12-13)28-11-3-10-27-16)8-9-23-19(25)14-4-1-2-5-15(14)22-20(23)26/h1-2,4-7,12H,3,8-11H2,(H,21,24)(H,22,26). The number of fused-ring (bicyclic) bond motifs is 2. The number of hydrogen-bond acceptors (Lipinski definition) is 5. The average molecular weight is 381 g/mol. The number of para-hydroxylation sites is 1. The number of nitrogens with one attached hydrogen (secondary N) is 2. The van der Waals surface area contributed by atoms with Gasteiger partial charge in [-0.2, -0.15) is 0 Å². The SMILES string of the molecule is O=C(CCn1c(=O)[nH]c2ccccc2c1=O)Nc1ccc2c(c1)OCCCO2. The van der Waals surface area contributed by atoms with Gasteiger partial charge in [0.15, 0.2) is 11.5 Å². The van der Waals surface area contributed by atoms with Crippen LogP contribution in [0, 0.1) is 0 Å². The Labute approximate surface area is 159 Å². The van der Waals surface area contributed by atoms with E-state index < -0.39 is 11.2 Å². The number of aromatic amines is 1. The lowest BCUT2D eigenvalue weighted by Crippen LogP contribution is -2.36. The van der Waals surface area contributed by atoms with Crippen LogP contribution in [0.1, 0.15) is 12.8 Å². The van der Waals surface area contributed by atoms with E-state index in [0.717, 1.165) is 11.0 Å². The fourth-order valence-electron chi connectivity index (χ4n) is 3.08. The molecule has 144 valence electrons. The first-order valence-corrected chi connectivity index (χ1v) is 9.03. The van der Waals surface area contributed by atoms with Crippen LogP contribution >= 0.6 is 0 Å². The van der Waals surface area contributed by atoms with Crippen LogP contribution in [0.5, 0.6) is 11.5 Å². The molecular weight excluding hydrogens is 362 g/mol. The number of ether oxygens (including phenoxy) is 2. The molecule has 3 aromatic rings. The molecular formula is C20H19N3O5. The molecule has 0 saturated heterocycles. The molecule has 4 rings (SSSR count). The number of rotatable bonds is 4. The lowest BCUT2D eigenvalue weighted by Gasteiger charge is -2.11. The van der Waals surface area contributed by atoms with E-state index in [1.54, 1.807) is 42.5 Å². The third-order valence-electron chi connectivity index (χ3n) is 4.48. The van der Waals surface area contributed by atoms with Gasteiger partial charge in [-0.3, -0.25) is 14.2 Å². The zero-order valence-electron chi connectivity index (χ0n) is 15.1. The van der Waals surface area contributed by atoms with Crippen LogP contribution < -0.4 is 26.0 Å². The molecule has 0 radical (unpaired) electrons. The number of anilines is 1. The van der Waals surface area contributed by atoms with Crippen molar-refractivity contribution in [3.63, 3.8) is 0 Å². The molecule has 0 unspecified atom stereocenters. The number of carbonyl (C=O) groups is 1. The summed E-state index contributed by atoms with van der Waals surface area (Å²) in [6.07, 6.45) is 0.779. The minimum Gasteiger partial charge on any atom is -0.490 e. The average Bonchev–Trinajstić information content (AvgIpc) is 2.93. The van der Waals surface area contributed by atoms with Gasteiger partial charge >= 0.3 is 5.69 Å². The normalized spacial score (nSPS) is 13.1. The van der Waals surface area contributed by atoms with Gasteiger partial charge in [0.25, 0.3) is 5.56 Å². The van der Waals surface area contributed by atoms with Gasteiger partial charge in [-0.25, -0.2) is 4.79 Å². The third kappa shape index (κ3) is 3.62. The van der Waals surface area contributed by atoms with Gasteiger partial charge in [-0.05, 0) is 24.3 Å². The van der Waals surface area contributed by atoms with E-state index in [2.05, 4.69) is 10.3 Å². The number of carbonyl (C=O) groups excluding carboxylic acids is 1. The van der Waals surface area contributed by atoms with Crippen molar-refractivity contribution in [1.82, 2.24) is 9.55 Å². The van der Waals surface area contributed by atoms with Gasteiger partial charge in [0, 0.05) is 31.1 Å². The predicted molar refractivity (Wildman–Crippen MR) is 104 cm³/mol. The molecule has 0 aliphatic carbocycles. The highest BCUT2D eigenvalue weighted by atomic mass is 16.5. The summed E-state index contributed by atoms with van der Waals surface area (Å²) in [5, 5.41) is 3.16. The van der Waals surface area contributed by atoms with Crippen molar-refractivity contribution in [2.75, 3.05) is 18.5 Å². The Bertz CT molecular complexity index is 1150. The first-order valence-electron chi connectivity index (χ1n) is 9.03. The van der Waals surface area contributed by atoms with Gasteiger partial charge in [-0.15, -0.1) is 0 Å². The molecule has 28 heavy (non-hydrogen) atoms. The molecule has 1 amide bonds. The van der Waals surface area contributed by atoms with Gasteiger partial charge in [0.2, 0.25) is 5.91 Å². The summed E-state index contributed by atoms with van der Waals surface area (Å²) >= 11 is 0. The molecule has 8 nitrogen and oxygen atoms in total. The van der Waals surface area contributed by atoms with Crippen molar-refractivity contribution in [1.29, 1.82) is 0 Å². The minimum absolute atomic E-state index is 0.0181. The molecule has 2 N–H and O–H groups in total. The second-order valence-corrected chi connectivity index (χ2v) is 6.44. The van der Waals surface area contributed by atoms with E-state index in [9.17, 15) is 14.4 Å². The maximum atomic E-state index is 12.5. The Hall–Kier alpha value is -3.55. The second-order valence-electron chi connectivity index (χ2n) is 6.44. The molecule has 2 heterocycles. The number of amides is 1. The van der Waals surface area contributed by atoms with Crippen LogP contribution in [-0.2, 0) is 11.3 Å². The Morgan fingerprint density at radius 1 is 1.07 bits per heavy atom. The summed E-state index contributed by atoms with van der Waals surface area (Å²) in [4.78, 5) is 39.6. The summed E-state index contributed by atoms with van der Waals surface area (Å²) in [6.45, 7) is 1.13. The molecule has 0 atom stereocenters. The van der Waals surface area contributed by atoms with Gasteiger partial charge in [0.1, 0.15) is 0 Å². The zero-order chi connectivity index (χ0) is 19.5. The molecule has 0 spiro atoms. The van der Waals surface area contributed by atoms with Crippen molar-refractivity contribution in [3.05, 3.63) is 63.3 Å². The summed E-state index contributed by atoms with van der Waals surface area (Å²) in [6, 6.07) is 11.9. The molecule has 1 aliphatic rings. The maximum absolute atomic E-state index is 12.5. The molecule has 1 aliphatic heterocycles. The van der Waals surface area contributed by atoms with E-state index >= 15 is 0 Å². The molecule has 0 saturated carbocycles. The van der Waals surface area contributed by atoms with E-state index in [1.165, 1.54) is 0 Å². The number of aromatic nitrogens is 2.